The molecule has 1 aromatic carbocycles. The van der Waals surface area contributed by atoms with Crippen molar-refractivity contribution in [2.75, 3.05) is 11.9 Å². The zero-order chi connectivity index (χ0) is 14.5. The van der Waals surface area contributed by atoms with Gasteiger partial charge in [0.05, 0.1) is 5.02 Å². The molecule has 0 radical (unpaired) electrons. The molecular formula is C15H17BrClN3. The monoisotopic (exact) mass is 353 g/mol. The maximum atomic E-state index is 6.14. The summed E-state index contributed by atoms with van der Waals surface area (Å²) < 4.78 is 0.874. The molecule has 2 aromatic rings. The number of anilines is 1. The molecule has 1 aromatic heterocycles. The molecule has 0 atom stereocenters. The smallest absolute Gasteiger partial charge is 0.161 e. The minimum atomic E-state index is 0.663. The summed E-state index contributed by atoms with van der Waals surface area (Å²) in [5, 5.41) is 3.97. The van der Waals surface area contributed by atoms with Crippen molar-refractivity contribution in [2.45, 2.75) is 26.7 Å². The van der Waals surface area contributed by atoms with Crippen molar-refractivity contribution in [3.63, 3.8) is 0 Å². The molecule has 0 spiro atoms. The van der Waals surface area contributed by atoms with E-state index in [1.54, 1.807) is 0 Å². The van der Waals surface area contributed by atoms with Gasteiger partial charge in [-0.05, 0) is 47.0 Å². The summed E-state index contributed by atoms with van der Waals surface area (Å²) in [7, 11) is 0. The van der Waals surface area contributed by atoms with Crippen molar-refractivity contribution < 1.29 is 0 Å². The first-order chi connectivity index (χ1) is 9.63. The van der Waals surface area contributed by atoms with Crippen LogP contribution in [0.3, 0.4) is 0 Å². The quantitative estimate of drug-likeness (QED) is 0.826. The Morgan fingerprint density at radius 3 is 2.65 bits per heavy atom. The van der Waals surface area contributed by atoms with E-state index < -0.39 is 0 Å². The van der Waals surface area contributed by atoms with Crippen LogP contribution in [0.5, 0.6) is 0 Å². The predicted molar refractivity (Wildman–Crippen MR) is 88.3 cm³/mol. The minimum Gasteiger partial charge on any atom is -0.370 e. The van der Waals surface area contributed by atoms with Crippen LogP contribution >= 0.6 is 27.5 Å². The summed E-state index contributed by atoms with van der Waals surface area (Å²) in [5.74, 6) is 1.57. The van der Waals surface area contributed by atoms with E-state index in [2.05, 4.69) is 45.1 Å². The maximum Gasteiger partial charge on any atom is 0.161 e. The van der Waals surface area contributed by atoms with Crippen LogP contribution in [0.15, 0.2) is 28.7 Å². The second kappa shape index (κ2) is 7.04. The first-order valence-corrected chi connectivity index (χ1v) is 7.88. The van der Waals surface area contributed by atoms with Gasteiger partial charge in [-0.15, -0.1) is 0 Å². The molecule has 0 fully saturated rings. The molecule has 5 heteroatoms. The molecule has 0 bridgehead atoms. The van der Waals surface area contributed by atoms with E-state index >= 15 is 0 Å². The first-order valence-electron chi connectivity index (χ1n) is 6.71. The Labute approximate surface area is 132 Å². The van der Waals surface area contributed by atoms with Crippen molar-refractivity contribution in [1.82, 2.24) is 9.97 Å². The van der Waals surface area contributed by atoms with E-state index in [9.17, 15) is 0 Å². The third-order valence-electron chi connectivity index (χ3n) is 2.88. The van der Waals surface area contributed by atoms with Gasteiger partial charge in [0, 0.05) is 28.3 Å². The summed E-state index contributed by atoms with van der Waals surface area (Å²) in [5.41, 5.74) is 1.95. The van der Waals surface area contributed by atoms with Crippen LogP contribution in [0.2, 0.25) is 5.02 Å². The highest BCUT2D eigenvalue weighted by Gasteiger charge is 2.08. The zero-order valence-corrected chi connectivity index (χ0v) is 13.9. The van der Waals surface area contributed by atoms with Crippen LogP contribution in [0.4, 0.5) is 5.82 Å². The lowest BCUT2D eigenvalue weighted by Gasteiger charge is -2.09. The van der Waals surface area contributed by atoms with Crippen LogP contribution in [0, 0.1) is 0 Å². The highest BCUT2D eigenvalue weighted by atomic mass is 79.9. The van der Waals surface area contributed by atoms with Crippen molar-refractivity contribution in [2.24, 2.45) is 0 Å². The minimum absolute atomic E-state index is 0.663. The Bertz CT molecular complexity index is 602. The molecule has 1 N–H and O–H groups in total. The van der Waals surface area contributed by atoms with Crippen LogP contribution in [-0.4, -0.2) is 16.5 Å². The third kappa shape index (κ3) is 3.70. The number of aromatic nitrogens is 2. The SMILES string of the molecule is CCCNc1cc(CC)nc(-c2ccc(Br)c(Cl)c2)n1. The van der Waals surface area contributed by atoms with Crippen LogP contribution < -0.4 is 5.32 Å². The lowest BCUT2D eigenvalue weighted by atomic mass is 10.2. The largest absolute Gasteiger partial charge is 0.370 e. The Kier molecular flexibility index (Phi) is 5.38. The lowest BCUT2D eigenvalue weighted by Crippen LogP contribution is -2.05. The molecule has 1 heterocycles. The molecule has 20 heavy (non-hydrogen) atoms. The Morgan fingerprint density at radius 2 is 2.00 bits per heavy atom. The van der Waals surface area contributed by atoms with Gasteiger partial charge in [-0.1, -0.05) is 25.4 Å². The number of aryl methyl sites for hydroxylation is 1. The molecule has 0 aliphatic rings. The van der Waals surface area contributed by atoms with Crippen LogP contribution in [0.1, 0.15) is 26.0 Å². The standard InChI is InChI=1S/C15H17BrClN3/c1-3-7-18-14-9-11(4-2)19-15(20-14)10-5-6-12(16)13(17)8-10/h5-6,8-9H,3-4,7H2,1-2H3,(H,18,19,20). The second-order valence-corrected chi connectivity index (χ2v) is 5.74. The molecule has 2 rings (SSSR count). The van der Waals surface area contributed by atoms with Gasteiger partial charge in [-0.25, -0.2) is 9.97 Å². The van der Waals surface area contributed by atoms with Gasteiger partial charge in [-0.3, -0.25) is 0 Å². The van der Waals surface area contributed by atoms with Gasteiger partial charge in [0.1, 0.15) is 5.82 Å². The van der Waals surface area contributed by atoms with E-state index in [0.29, 0.717) is 10.8 Å². The molecule has 0 aliphatic heterocycles. The zero-order valence-electron chi connectivity index (χ0n) is 11.6. The average molecular weight is 355 g/mol. The van der Waals surface area contributed by atoms with Gasteiger partial charge >= 0.3 is 0 Å². The fraction of sp³-hybridized carbons (Fsp3) is 0.333. The molecule has 3 nitrogen and oxygen atoms in total. The summed E-state index contributed by atoms with van der Waals surface area (Å²) in [4.78, 5) is 9.14. The maximum absolute atomic E-state index is 6.14. The third-order valence-corrected chi connectivity index (χ3v) is 4.11. The molecule has 0 unspecified atom stereocenters. The van der Waals surface area contributed by atoms with E-state index in [1.165, 1.54) is 0 Å². The topological polar surface area (TPSA) is 37.8 Å². The molecule has 106 valence electrons. The second-order valence-electron chi connectivity index (χ2n) is 4.48. The Balaban J connectivity index is 2.41. The van der Waals surface area contributed by atoms with Gasteiger partial charge in [0.2, 0.25) is 0 Å². The molecule has 0 aliphatic carbocycles. The van der Waals surface area contributed by atoms with Gasteiger partial charge < -0.3 is 5.32 Å². The number of rotatable bonds is 5. The average Bonchev–Trinajstić information content (AvgIpc) is 2.47. The lowest BCUT2D eigenvalue weighted by molar-refractivity contribution is 0.951. The van der Waals surface area contributed by atoms with Crippen LogP contribution in [0.25, 0.3) is 11.4 Å². The highest BCUT2D eigenvalue weighted by Crippen LogP contribution is 2.28. The Hall–Kier alpha value is -1.13. The van der Waals surface area contributed by atoms with Crippen molar-refractivity contribution >= 4 is 33.3 Å². The number of benzene rings is 1. The van der Waals surface area contributed by atoms with E-state index in [4.69, 9.17) is 11.6 Å². The number of nitrogens with zero attached hydrogens (tertiary/aromatic N) is 2. The molecular weight excluding hydrogens is 338 g/mol. The van der Waals surface area contributed by atoms with Gasteiger partial charge in [-0.2, -0.15) is 0 Å². The number of hydrogen-bond donors (Lipinski definition) is 1. The first kappa shape index (κ1) is 15.3. The van der Waals surface area contributed by atoms with E-state index in [0.717, 1.165) is 40.9 Å². The number of hydrogen-bond acceptors (Lipinski definition) is 3. The molecule has 0 saturated carbocycles. The Morgan fingerprint density at radius 1 is 1.20 bits per heavy atom. The normalized spacial score (nSPS) is 10.6. The number of halogens is 2. The van der Waals surface area contributed by atoms with E-state index in [1.807, 2.05) is 24.3 Å². The van der Waals surface area contributed by atoms with Gasteiger partial charge in [0.25, 0.3) is 0 Å². The van der Waals surface area contributed by atoms with Crippen LogP contribution in [-0.2, 0) is 6.42 Å². The molecule has 0 saturated heterocycles. The fourth-order valence-corrected chi connectivity index (χ4v) is 2.21. The number of nitrogens with one attached hydrogen (secondary N) is 1. The summed E-state index contributed by atoms with van der Waals surface area (Å²) >= 11 is 9.54. The van der Waals surface area contributed by atoms with Crippen molar-refractivity contribution in [3.05, 3.63) is 39.5 Å². The molecule has 0 amide bonds. The summed E-state index contributed by atoms with van der Waals surface area (Å²) in [6.45, 7) is 5.12. The predicted octanol–water partition coefficient (Wildman–Crippen LogP) is 4.94. The highest BCUT2D eigenvalue weighted by molar-refractivity contribution is 9.10. The summed E-state index contributed by atoms with van der Waals surface area (Å²) in [6, 6.07) is 7.76. The van der Waals surface area contributed by atoms with Gasteiger partial charge in [0.15, 0.2) is 5.82 Å². The van der Waals surface area contributed by atoms with Crippen molar-refractivity contribution in [1.29, 1.82) is 0 Å². The fourth-order valence-electron chi connectivity index (χ4n) is 1.79. The van der Waals surface area contributed by atoms with Crippen molar-refractivity contribution in [3.8, 4) is 11.4 Å². The van der Waals surface area contributed by atoms with E-state index in [-0.39, 0.29) is 0 Å². The summed E-state index contributed by atoms with van der Waals surface area (Å²) in [6.07, 6.45) is 1.94.